The zero-order valence-corrected chi connectivity index (χ0v) is 10.2. The highest BCUT2D eigenvalue weighted by atomic mass is 15.3. The van der Waals surface area contributed by atoms with Gasteiger partial charge < -0.3 is 9.88 Å². The first-order chi connectivity index (χ1) is 8.22. The Bertz CT molecular complexity index is 521. The fourth-order valence-corrected chi connectivity index (χ4v) is 2.01. The molecule has 0 amide bonds. The van der Waals surface area contributed by atoms with Crippen LogP contribution in [0.2, 0.25) is 0 Å². The van der Waals surface area contributed by atoms with Crippen molar-refractivity contribution in [3.8, 4) is 0 Å². The SMILES string of the molecule is Cc1cn(C2CC2)c(NCc2ccn(C)n2)n1. The van der Waals surface area contributed by atoms with Gasteiger partial charge in [-0.2, -0.15) is 5.10 Å². The summed E-state index contributed by atoms with van der Waals surface area (Å²) in [6.07, 6.45) is 6.62. The molecule has 1 fully saturated rings. The van der Waals surface area contributed by atoms with Crippen molar-refractivity contribution in [2.75, 3.05) is 5.32 Å². The first kappa shape index (κ1) is 10.4. The number of imidazole rings is 1. The van der Waals surface area contributed by atoms with Gasteiger partial charge in [-0.25, -0.2) is 4.98 Å². The highest BCUT2D eigenvalue weighted by Crippen LogP contribution is 2.37. The van der Waals surface area contributed by atoms with Gasteiger partial charge in [0.1, 0.15) is 0 Å². The Labute approximate surface area is 100 Å². The molecule has 2 aromatic heterocycles. The number of nitrogens with zero attached hydrogens (tertiary/aromatic N) is 4. The Morgan fingerprint density at radius 3 is 2.94 bits per heavy atom. The Hall–Kier alpha value is -1.78. The largest absolute Gasteiger partial charge is 0.350 e. The molecule has 0 unspecified atom stereocenters. The van der Waals surface area contributed by atoms with Crippen LogP contribution < -0.4 is 5.32 Å². The van der Waals surface area contributed by atoms with Crippen LogP contribution >= 0.6 is 0 Å². The average Bonchev–Trinajstić information content (AvgIpc) is 2.95. The van der Waals surface area contributed by atoms with E-state index in [1.807, 2.05) is 30.9 Å². The van der Waals surface area contributed by atoms with Crippen molar-refractivity contribution >= 4 is 5.95 Å². The molecule has 0 aliphatic heterocycles. The lowest BCUT2D eigenvalue weighted by Crippen LogP contribution is -2.07. The van der Waals surface area contributed by atoms with Gasteiger partial charge in [0.25, 0.3) is 0 Å². The van der Waals surface area contributed by atoms with Crippen molar-refractivity contribution in [1.82, 2.24) is 19.3 Å². The van der Waals surface area contributed by atoms with Gasteiger partial charge in [0.15, 0.2) is 0 Å². The van der Waals surface area contributed by atoms with Crippen LogP contribution in [0.15, 0.2) is 18.5 Å². The molecule has 2 heterocycles. The number of hydrogen-bond acceptors (Lipinski definition) is 3. The molecule has 5 nitrogen and oxygen atoms in total. The third-order valence-electron chi connectivity index (χ3n) is 2.99. The third kappa shape index (κ3) is 2.18. The van der Waals surface area contributed by atoms with Crippen LogP contribution in [0.4, 0.5) is 5.95 Å². The molecule has 0 atom stereocenters. The molecule has 90 valence electrons. The summed E-state index contributed by atoms with van der Waals surface area (Å²) in [5.74, 6) is 0.968. The summed E-state index contributed by atoms with van der Waals surface area (Å²) in [6, 6.07) is 2.67. The van der Waals surface area contributed by atoms with E-state index >= 15 is 0 Å². The number of aryl methyl sites for hydroxylation is 2. The molecule has 2 aromatic rings. The molecule has 0 saturated heterocycles. The second-order valence-corrected chi connectivity index (χ2v) is 4.68. The van der Waals surface area contributed by atoms with Gasteiger partial charge >= 0.3 is 0 Å². The molecule has 0 aromatic carbocycles. The van der Waals surface area contributed by atoms with Crippen molar-refractivity contribution in [2.24, 2.45) is 7.05 Å². The van der Waals surface area contributed by atoms with Gasteiger partial charge in [-0.3, -0.25) is 4.68 Å². The zero-order valence-electron chi connectivity index (χ0n) is 10.2. The van der Waals surface area contributed by atoms with Crippen LogP contribution in [0.25, 0.3) is 0 Å². The van der Waals surface area contributed by atoms with Crippen LogP contribution in [0.3, 0.4) is 0 Å². The van der Waals surface area contributed by atoms with E-state index in [9.17, 15) is 0 Å². The minimum atomic E-state index is 0.655. The van der Waals surface area contributed by atoms with Gasteiger partial charge in [0.05, 0.1) is 17.9 Å². The number of anilines is 1. The normalized spacial score (nSPS) is 15.2. The van der Waals surface area contributed by atoms with Crippen LogP contribution in [0.1, 0.15) is 30.3 Å². The molecule has 17 heavy (non-hydrogen) atoms. The number of nitrogens with one attached hydrogen (secondary N) is 1. The summed E-state index contributed by atoms with van der Waals surface area (Å²) in [5, 5.41) is 7.70. The molecular formula is C12H17N5. The lowest BCUT2D eigenvalue weighted by Gasteiger charge is -2.06. The second-order valence-electron chi connectivity index (χ2n) is 4.68. The van der Waals surface area contributed by atoms with E-state index < -0.39 is 0 Å². The molecule has 0 spiro atoms. The average molecular weight is 231 g/mol. The fourth-order valence-electron chi connectivity index (χ4n) is 2.01. The van der Waals surface area contributed by atoms with Crippen molar-refractivity contribution < 1.29 is 0 Å². The predicted molar refractivity (Wildman–Crippen MR) is 65.8 cm³/mol. The lowest BCUT2D eigenvalue weighted by atomic mass is 10.4. The lowest BCUT2D eigenvalue weighted by molar-refractivity contribution is 0.729. The molecular weight excluding hydrogens is 214 g/mol. The molecule has 1 N–H and O–H groups in total. The van der Waals surface area contributed by atoms with Gasteiger partial charge in [0.2, 0.25) is 5.95 Å². The van der Waals surface area contributed by atoms with Gasteiger partial charge in [-0.15, -0.1) is 0 Å². The summed E-state index contributed by atoms with van der Waals surface area (Å²) in [5.41, 5.74) is 2.11. The van der Waals surface area contributed by atoms with Crippen molar-refractivity contribution in [2.45, 2.75) is 32.4 Å². The first-order valence-corrected chi connectivity index (χ1v) is 6.00. The van der Waals surface area contributed by atoms with Gasteiger partial charge in [-0.1, -0.05) is 0 Å². The highest BCUT2D eigenvalue weighted by molar-refractivity contribution is 5.31. The molecule has 0 bridgehead atoms. The van der Waals surface area contributed by atoms with Crippen molar-refractivity contribution in [3.05, 3.63) is 29.8 Å². The Kier molecular flexibility index (Phi) is 2.39. The smallest absolute Gasteiger partial charge is 0.203 e. The maximum Gasteiger partial charge on any atom is 0.203 e. The van der Waals surface area contributed by atoms with Gasteiger partial charge in [-0.05, 0) is 25.8 Å². The quantitative estimate of drug-likeness (QED) is 0.874. The minimum absolute atomic E-state index is 0.655. The van der Waals surface area contributed by atoms with Crippen LogP contribution in [0.5, 0.6) is 0 Å². The molecule has 1 aliphatic carbocycles. The first-order valence-electron chi connectivity index (χ1n) is 6.00. The van der Waals surface area contributed by atoms with E-state index in [1.54, 1.807) is 0 Å². The van der Waals surface area contributed by atoms with Crippen molar-refractivity contribution in [3.63, 3.8) is 0 Å². The second kappa shape index (κ2) is 3.91. The minimum Gasteiger partial charge on any atom is -0.350 e. The monoisotopic (exact) mass is 231 g/mol. The van der Waals surface area contributed by atoms with E-state index in [-0.39, 0.29) is 0 Å². The highest BCUT2D eigenvalue weighted by Gasteiger charge is 2.26. The molecule has 1 aliphatic rings. The maximum atomic E-state index is 4.51. The van der Waals surface area contributed by atoms with Gasteiger partial charge in [0, 0.05) is 25.5 Å². The van der Waals surface area contributed by atoms with E-state index in [0.717, 1.165) is 23.9 Å². The Morgan fingerprint density at radius 1 is 1.47 bits per heavy atom. The third-order valence-corrected chi connectivity index (χ3v) is 2.99. The zero-order chi connectivity index (χ0) is 11.8. The summed E-state index contributed by atoms with van der Waals surface area (Å²) >= 11 is 0. The number of rotatable bonds is 4. The fraction of sp³-hybridized carbons (Fsp3) is 0.500. The standard InChI is InChI=1S/C12H17N5/c1-9-8-17(11-3-4-11)12(14-9)13-7-10-5-6-16(2)15-10/h5-6,8,11H,3-4,7H2,1-2H3,(H,13,14). The van der Waals surface area contributed by atoms with E-state index in [4.69, 9.17) is 0 Å². The molecule has 0 radical (unpaired) electrons. The summed E-state index contributed by atoms with van der Waals surface area (Å²) in [4.78, 5) is 4.51. The number of aromatic nitrogens is 4. The van der Waals surface area contributed by atoms with E-state index in [0.29, 0.717) is 6.04 Å². The van der Waals surface area contributed by atoms with Crippen LogP contribution in [-0.2, 0) is 13.6 Å². The van der Waals surface area contributed by atoms with Crippen molar-refractivity contribution in [1.29, 1.82) is 0 Å². The molecule has 3 rings (SSSR count). The summed E-state index contributed by atoms with van der Waals surface area (Å²) in [6.45, 7) is 2.76. The van der Waals surface area contributed by atoms with Crippen LogP contribution in [-0.4, -0.2) is 19.3 Å². The number of hydrogen-bond donors (Lipinski definition) is 1. The maximum absolute atomic E-state index is 4.51. The van der Waals surface area contributed by atoms with E-state index in [2.05, 4.69) is 26.2 Å². The topological polar surface area (TPSA) is 47.7 Å². The summed E-state index contributed by atoms with van der Waals surface area (Å²) in [7, 11) is 1.93. The Morgan fingerprint density at radius 2 is 2.29 bits per heavy atom. The van der Waals surface area contributed by atoms with E-state index in [1.165, 1.54) is 12.8 Å². The predicted octanol–water partition coefficient (Wildman–Crippen LogP) is 1.87. The molecule has 5 heteroatoms. The van der Waals surface area contributed by atoms with Crippen LogP contribution in [0, 0.1) is 6.92 Å². The molecule has 1 saturated carbocycles. The Balaban J connectivity index is 1.72. The summed E-state index contributed by atoms with van der Waals surface area (Å²) < 4.78 is 4.06.